The Morgan fingerprint density at radius 3 is 2.74 bits per heavy atom. The van der Waals surface area contributed by atoms with Crippen LogP contribution in [-0.2, 0) is 6.42 Å². The number of hydrogen-bond acceptors (Lipinski definition) is 3. The molecule has 3 nitrogen and oxygen atoms in total. The fourth-order valence-electron chi connectivity index (χ4n) is 1.76. The molecule has 0 fully saturated rings. The van der Waals surface area contributed by atoms with Crippen LogP contribution in [0.15, 0.2) is 30.6 Å². The van der Waals surface area contributed by atoms with Gasteiger partial charge >= 0.3 is 0 Å². The van der Waals surface area contributed by atoms with Crippen molar-refractivity contribution in [2.45, 2.75) is 18.7 Å². The summed E-state index contributed by atoms with van der Waals surface area (Å²) < 4.78 is 5.07. The van der Waals surface area contributed by atoms with Crippen molar-refractivity contribution in [1.82, 2.24) is 9.97 Å². The number of aromatic nitrogens is 2. The highest BCUT2D eigenvalue weighted by Gasteiger charge is 2.11. The van der Waals surface area contributed by atoms with Gasteiger partial charge in [0, 0.05) is 23.2 Å². The Morgan fingerprint density at radius 2 is 2.05 bits per heavy atom. The molecule has 5 heteroatoms. The normalized spacial score (nSPS) is 12.2. The van der Waals surface area contributed by atoms with E-state index in [1.54, 1.807) is 13.2 Å². The number of alkyl halides is 1. The Hall–Kier alpha value is -1.32. The Balaban J connectivity index is 2.15. The zero-order valence-corrected chi connectivity index (χ0v) is 12.2. The maximum atomic E-state index is 6.42. The molecular weight excluding hydrogens is 283 g/mol. The van der Waals surface area contributed by atoms with E-state index in [2.05, 4.69) is 9.97 Å². The quantitative estimate of drug-likeness (QED) is 0.801. The van der Waals surface area contributed by atoms with Crippen molar-refractivity contribution >= 4 is 23.2 Å². The maximum absolute atomic E-state index is 6.42. The highest BCUT2D eigenvalue weighted by Crippen LogP contribution is 2.28. The van der Waals surface area contributed by atoms with Gasteiger partial charge in [0.1, 0.15) is 6.33 Å². The van der Waals surface area contributed by atoms with Crippen LogP contribution in [0.3, 0.4) is 0 Å². The van der Waals surface area contributed by atoms with Gasteiger partial charge in [-0.3, -0.25) is 0 Å². The van der Waals surface area contributed by atoms with Crippen LogP contribution in [0, 0.1) is 6.92 Å². The molecule has 1 atom stereocenters. The van der Waals surface area contributed by atoms with Gasteiger partial charge in [-0.15, -0.1) is 11.6 Å². The number of nitrogens with zero attached hydrogens (tertiary/aromatic N) is 2. The van der Waals surface area contributed by atoms with E-state index in [1.807, 2.05) is 25.1 Å². The summed E-state index contributed by atoms with van der Waals surface area (Å²) in [6, 6.07) is 7.59. The number of hydrogen-bond donors (Lipinski definition) is 0. The molecule has 0 amide bonds. The molecule has 1 unspecified atom stereocenters. The Kier molecular flexibility index (Phi) is 4.61. The standard InChI is InChI=1S/C14H14Cl2N2O/c1-9-5-10(3-4-12(9)15)13(16)6-11-7-14(19-2)18-8-17-11/h3-5,7-8,13H,6H2,1-2H3. The van der Waals surface area contributed by atoms with E-state index in [0.717, 1.165) is 21.8 Å². The van der Waals surface area contributed by atoms with Crippen LogP contribution < -0.4 is 4.74 Å². The topological polar surface area (TPSA) is 35.0 Å². The van der Waals surface area contributed by atoms with Crippen molar-refractivity contribution in [2.24, 2.45) is 0 Å². The van der Waals surface area contributed by atoms with Crippen LogP contribution in [0.1, 0.15) is 22.2 Å². The first-order chi connectivity index (χ1) is 9.10. The zero-order valence-electron chi connectivity index (χ0n) is 10.7. The Labute approximate surface area is 122 Å². The maximum Gasteiger partial charge on any atom is 0.216 e. The summed E-state index contributed by atoms with van der Waals surface area (Å²) in [5, 5.41) is 0.590. The van der Waals surface area contributed by atoms with Crippen LogP contribution in [-0.4, -0.2) is 17.1 Å². The zero-order chi connectivity index (χ0) is 13.8. The van der Waals surface area contributed by atoms with E-state index in [1.165, 1.54) is 6.33 Å². The summed E-state index contributed by atoms with van der Waals surface area (Å²) in [7, 11) is 1.58. The highest BCUT2D eigenvalue weighted by molar-refractivity contribution is 6.31. The number of ether oxygens (including phenoxy) is 1. The van der Waals surface area contributed by atoms with Gasteiger partial charge in [-0.25, -0.2) is 9.97 Å². The third-order valence-corrected chi connectivity index (χ3v) is 3.67. The molecule has 2 rings (SSSR count). The molecule has 19 heavy (non-hydrogen) atoms. The number of halogens is 2. The van der Waals surface area contributed by atoms with Gasteiger partial charge in [-0.2, -0.15) is 0 Å². The fourth-order valence-corrected chi connectivity index (χ4v) is 2.18. The van der Waals surface area contributed by atoms with E-state index in [9.17, 15) is 0 Å². The summed E-state index contributed by atoms with van der Waals surface area (Å²) >= 11 is 12.4. The highest BCUT2D eigenvalue weighted by atomic mass is 35.5. The van der Waals surface area contributed by atoms with Gasteiger partial charge in [-0.1, -0.05) is 23.7 Å². The molecular formula is C14H14Cl2N2O. The van der Waals surface area contributed by atoms with Gasteiger partial charge < -0.3 is 4.74 Å². The van der Waals surface area contributed by atoms with E-state index < -0.39 is 0 Å². The van der Waals surface area contributed by atoms with Crippen molar-refractivity contribution in [2.75, 3.05) is 7.11 Å². The number of methoxy groups -OCH3 is 1. The van der Waals surface area contributed by atoms with Crippen molar-refractivity contribution in [3.63, 3.8) is 0 Å². The second kappa shape index (κ2) is 6.22. The molecule has 0 aliphatic carbocycles. The molecule has 0 aliphatic heterocycles. The van der Waals surface area contributed by atoms with Crippen LogP contribution in [0.25, 0.3) is 0 Å². The van der Waals surface area contributed by atoms with E-state index in [0.29, 0.717) is 12.3 Å². The minimum Gasteiger partial charge on any atom is -0.481 e. The van der Waals surface area contributed by atoms with Gasteiger partial charge in [-0.05, 0) is 24.1 Å². The van der Waals surface area contributed by atoms with Gasteiger partial charge in [0.25, 0.3) is 0 Å². The fraction of sp³-hybridized carbons (Fsp3) is 0.286. The predicted octanol–water partition coefficient (Wildman–Crippen LogP) is 3.97. The summed E-state index contributed by atoms with van der Waals surface area (Å²) in [6.07, 6.45) is 2.09. The lowest BCUT2D eigenvalue weighted by atomic mass is 10.1. The molecule has 2 aromatic rings. The van der Waals surface area contributed by atoms with Crippen molar-refractivity contribution in [3.8, 4) is 5.88 Å². The summed E-state index contributed by atoms with van der Waals surface area (Å²) in [5.41, 5.74) is 2.89. The van der Waals surface area contributed by atoms with Crippen molar-refractivity contribution in [1.29, 1.82) is 0 Å². The molecule has 100 valence electrons. The molecule has 0 bridgehead atoms. The van der Waals surface area contributed by atoms with Gasteiger partial charge in [0.2, 0.25) is 5.88 Å². The number of rotatable bonds is 4. The summed E-state index contributed by atoms with van der Waals surface area (Å²) in [5.74, 6) is 0.543. The first-order valence-corrected chi connectivity index (χ1v) is 6.66. The molecule has 0 saturated heterocycles. The summed E-state index contributed by atoms with van der Waals surface area (Å²) in [6.45, 7) is 1.96. The average Bonchev–Trinajstić information content (AvgIpc) is 2.42. The van der Waals surface area contributed by atoms with E-state index in [-0.39, 0.29) is 5.38 Å². The molecule has 1 aromatic carbocycles. The van der Waals surface area contributed by atoms with Crippen LogP contribution >= 0.6 is 23.2 Å². The molecule has 1 heterocycles. The third kappa shape index (κ3) is 3.58. The van der Waals surface area contributed by atoms with Crippen molar-refractivity contribution in [3.05, 3.63) is 52.4 Å². The van der Waals surface area contributed by atoms with Gasteiger partial charge in [0.05, 0.1) is 12.5 Å². The molecule has 0 saturated carbocycles. The molecule has 0 radical (unpaired) electrons. The number of benzene rings is 1. The first-order valence-electron chi connectivity index (χ1n) is 5.85. The lowest BCUT2D eigenvalue weighted by Gasteiger charge is -2.11. The van der Waals surface area contributed by atoms with Crippen LogP contribution in [0.5, 0.6) is 5.88 Å². The monoisotopic (exact) mass is 296 g/mol. The second-order valence-corrected chi connectivity index (χ2v) is 5.17. The SMILES string of the molecule is COc1cc(CC(Cl)c2ccc(Cl)c(C)c2)ncn1. The van der Waals surface area contributed by atoms with Crippen LogP contribution in [0.2, 0.25) is 5.02 Å². The largest absolute Gasteiger partial charge is 0.481 e. The second-order valence-electron chi connectivity index (χ2n) is 4.23. The van der Waals surface area contributed by atoms with Crippen LogP contribution in [0.4, 0.5) is 0 Å². The number of aryl methyl sites for hydroxylation is 1. The average molecular weight is 297 g/mol. The minimum atomic E-state index is -0.157. The molecule has 0 spiro atoms. The lowest BCUT2D eigenvalue weighted by Crippen LogP contribution is -2.00. The van der Waals surface area contributed by atoms with E-state index >= 15 is 0 Å². The van der Waals surface area contributed by atoms with Gasteiger partial charge in [0.15, 0.2) is 0 Å². The Morgan fingerprint density at radius 1 is 1.26 bits per heavy atom. The Bertz CT molecular complexity index is 575. The lowest BCUT2D eigenvalue weighted by molar-refractivity contribution is 0.396. The summed E-state index contributed by atoms with van der Waals surface area (Å²) in [4.78, 5) is 8.16. The van der Waals surface area contributed by atoms with Crippen molar-refractivity contribution < 1.29 is 4.74 Å². The molecule has 0 aliphatic rings. The first kappa shape index (κ1) is 14.1. The minimum absolute atomic E-state index is 0.157. The van der Waals surface area contributed by atoms with E-state index in [4.69, 9.17) is 27.9 Å². The predicted molar refractivity (Wildman–Crippen MR) is 77.1 cm³/mol. The molecule has 1 aromatic heterocycles. The smallest absolute Gasteiger partial charge is 0.216 e. The molecule has 0 N–H and O–H groups in total. The third-order valence-electron chi connectivity index (χ3n) is 2.84.